The van der Waals surface area contributed by atoms with Gasteiger partial charge in [0.15, 0.2) is 5.96 Å². The van der Waals surface area contributed by atoms with Crippen LogP contribution in [0, 0.1) is 0 Å². The number of rotatable bonds is 6. The lowest BCUT2D eigenvalue weighted by Gasteiger charge is -2.19. The zero-order chi connectivity index (χ0) is 20.6. The van der Waals surface area contributed by atoms with Gasteiger partial charge in [-0.15, -0.1) is 24.0 Å². The molecule has 3 aromatic carbocycles. The number of hydrogen-bond donors (Lipinski definition) is 3. The lowest BCUT2D eigenvalue weighted by Crippen LogP contribution is -2.39. The topological polar surface area (TPSA) is 65.5 Å². The van der Waals surface area contributed by atoms with Crippen LogP contribution in [0.5, 0.6) is 0 Å². The molecule has 1 unspecified atom stereocenters. The summed E-state index contributed by atoms with van der Waals surface area (Å²) in [6.45, 7) is 2.85. The first-order valence-corrected chi connectivity index (χ1v) is 9.87. The highest BCUT2D eigenvalue weighted by molar-refractivity contribution is 14.0. The van der Waals surface area contributed by atoms with Crippen LogP contribution in [0.1, 0.15) is 34.5 Å². The average molecular weight is 516 g/mol. The molecule has 0 heterocycles. The van der Waals surface area contributed by atoms with Crippen LogP contribution in [0.4, 0.5) is 0 Å². The molecule has 1 amide bonds. The Kier molecular flexibility index (Phi) is 9.11. The van der Waals surface area contributed by atoms with Crippen molar-refractivity contribution in [2.24, 2.45) is 4.99 Å². The maximum Gasteiger partial charge on any atom is 0.251 e. The van der Waals surface area contributed by atoms with Crippen LogP contribution in [0.3, 0.4) is 0 Å². The van der Waals surface area contributed by atoms with E-state index in [1.807, 2.05) is 24.3 Å². The standard InChI is InChI=1S/C24H28N4O.HI/c1-17(20-12-11-19-8-4-5-9-21(19)16-20)28-24(26-3)27-14-13-18-7-6-10-22(15-18)23(29)25-2;/h4-12,15-17H,13-14H2,1-3H3,(H,25,29)(H2,26,27,28);1H. The van der Waals surface area contributed by atoms with Crippen LogP contribution in [0.25, 0.3) is 10.8 Å². The van der Waals surface area contributed by atoms with E-state index in [2.05, 4.69) is 70.3 Å². The van der Waals surface area contributed by atoms with Gasteiger partial charge < -0.3 is 16.0 Å². The molecule has 0 radical (unpaired) electrons. The summed E-state index contributed by atoms with van der Waals surface area (Å²) >= 11 is 0. The predicted molar refractivity (Wildman–Crippen MR) is 136 cm³/mol. The van der Waals surface area contributed by atoms with Crippen LogP contribution in [-0.2, 0) is 6.42 Å². The second-order valence-electron chi connectivity index (χ2n) is 7.00. The number of amides is 1. The zero-order valence-electron chi connectivity index (χ0n) is 17.6. The minimum absolute atomic E-state index is 0. The second kappa shape index (κ2) is 11.5. The highest BCUT2D eigenvalue weighted by Crippen LogP contribution is 2.20. The monoisotopic (exact) mass is 516 g/mol. The predicted octanol–water partition coefficient (Wildman–Crippen LogP) is 4.29. The Morgan fingerprint density at radius 1 is 1.00 bits per heavy atom. The number of carbonyl (C=O) groups is 1. The number of nitrogens with one attached hydrogen (secondary N) is 3. The molecule has 0 fully saturated rings. The Balaban J connectivity index is 0.00000320. The van der Waals surface area contributed by atoms with E-state index in [0.717, 1.165) is 24.5 Å². The van der Waals surface area contributed by atoms with Gasteiger partial charge in [0.05, 0.1) is 6.04 Å². The van der Waals surface area contributed by atoms with Crippen molar-refractivity contribution in [2.45, 2.75) is 19.4 Å². The molecule has 0 aromatic heterocycles. The quantitative estimate of drug-likeness (QED) is 0.260. The fraction of sp³-hybridized carbons (Fsp3) is 0.250. The summed E-state index contributed by atoms with van der Waals surface area (Å²) in [5.41, 5.74) is 3.00. The van der Waals surface area contributed by atoms with E-state index < -0.39 is 0 Å². The fourth-order valence-corrected chi connectivity index (χ4v) is 3.30. The lowest BCUT2D eigenvalue weighted by molar-refractivity contribution is 0.0963. The van der Waals surface area contributed by atoms with Crippen LogP contribution < -0.4 is 16.0 Å². The number of aliphatic imine (C=N–C) groups is 1. The molecule has 30 heavy (non-hydrogen) atoms. The van der Waals surface area contributed by atoms with Gasteiger partial charge in [-0.2, -0.15) is 0 Å². The van der Waals surface area contributed by atoms with E-state index in [1.165, 1.54) is 16.3 Å². The molecule has 3 rings (SSSR count). The molecular formula is C24H29IN4O. The summed E-state index contributed by atoms with van der Waals surface area (Å²) in [7, 11) is 3.41. The van der Waals surface area contributed by atoms with Crippen molar-refractivity contribution in [2.75, 3.05) is 20.6 Å². The maximum absolute atomic E-state index is 11.8. The van der Waals surface area contributed by atoms with E-state index in [1.54, 1.807) is 14.1 Å². The molecule has 5 nitrogen and oxygen atoms in total. The summed E-state index contributed by atoms with van der Waals surface area (Å²) in [5.74, 6) is 0.689. The summed E-state index contributed by atoms with van der Waals surface area (Å²) in [6, 6.07) is 22.7. The zero-order valence-corrected chi connectivity index (χ0v) is 19.9. The smallest absolute Gasteiger partial charge is 0.251 e. The van der Waals surface area contributed by atoms with Gasteiger partial charge in [-0.1, -0.05) is 48.5 Å². The number of fused-ring (bicyclic) bond motifs is 1. The normalized spacial score (nSPS) is 12.0. The molecule has 0 saturated heterocycles. The van der Waals surface area contributed by atoms with Gasteiger partial charge in [0, 0.05) is 26.2 Å². The van der Waals surface area contributed by atoms with Gasteiger partial charge in [-0.25, -0.2) is 0 Å². The number of nitrogens with zero attached hydrogens (tertiary/aromatic N) is 1. The Hall–Kier alpha value is -2.61. The van der Waals surface area contributed by atoms with Crippen molar-refractivity contribution in [1.82, 2.24) is 16.0 Å². The Labute approximate surface area is 195 Å². The van der Waals surface area contributed by atoms with Crippen LogP contribution >= 0.6 is 24.0 Å². The molecule has 158 valence electrons. The molecule has 0 aliphatic heterocycles. The lowest BCUT2D eigenvalue weighted by atomic mass is 10.0. The molecule has 6 heteroatoms. The highest BCUT2D eigenvalue weighted by atomic mass is 127. The first-order chi connectivity index (χ1) is 14.1. The largest absolute Gasteiger partial charge is 0.356 e. The molecular weight excluding hydrogens is 487 g/mol. The maximum atomic E-state index is 11.8. The van der Waals surface area contributed by atoms with Gasteiger partial charge in [-0.3, -0.25) is 9.79 Å². The molecule has 0 aliphatic carbocycles. The SMILES string of the molecule is CN=C(NCCc1cccc(C(=O)NC)c1)NC(C)c1ccc2ccccc2c1.I. The first kappa shape index (κ1) is 23.7. The van der Waals surface area contributed by atoms with Crippen LogP contribution in [0.2, 0.25) is 0 Å². The average Bonchev–Trinajstić information content (AvgIpc) is 2.77. The molecule has 0 bridgehead atoms. The summed E-state index contributed by atoms with van der Waals surface area (Å²) in [6.07, 6.45) is 0.801. The molecule has 0 spiro atoms. The van der Waals surface area contributed by atoms with Crippen molar-refractivity contribution >= 4 is 46.6 Å². The second-order valence-corrected chi connectivity index (χ2v) is 7.00. The highest BCUT2D eigenvalue weighted by Gasteiger charge is 2.09. The van der Waals surface area contributed by atoms with Gasteiger partial charge >= 0.3 is 0 Å². The minimum atomic E-state index is -0.0681. The van der Waals surface area contributed by atoms with Crippen molar-refractivity contribution in [3.05, 3.63) is 83.4 Å². The van der Waals surface area contributed by atoms with Gasteiger partial charge in [-0.05, 0) is 53.4 Å². The van der Waals surface area contributed by atoms with Gasteiger partial charge in [0.2, 0.25) is 0 Å². The van der Waals surface area contributed by atoms with E-state index in [4.69, 9.17) is 0 Å². The third-order valence-corrected chi connectivity index (χ3v) is 4.97. The Bertz CT molecular complexity index is 1020. The molecule has 3 aromatic rings. The number of benzene rings is 3. The van der Waals surface area contributed by atoms with Crippen molar-refractivity contribution < 1.29 is 4.79 Å². The summed E-state index contributed by atoms with van der Waals surface area (Å²) < 4.78 is 0. The van der Waals surface area contributed by atoms with E-state index in [0.29, 0.717) is 5.56 Å². The van der Waals surface area contributed by atoms with E-state index >= 15 is 0 Å². The van der Waals surface area contributed by atoms with Crippen molar-refractivity contribution in [3.8, 4) is 0 Å². The number of guanidine groups is 1. The van der Waals surface area contributed by atoms with Gasteiger partial charge in [0.1, 0.15) is 0 Å². The fourth-order valence-electron chi connectivity index (χ4n) is 3.30. The van der Waals surface area contributed by atoms with Gasteiger partial charge in [0.25, 0.3) is 5.91 Å². The van der Waals surface area contributed by atoms with Crippen molar-refractivity contribution in [1.29, 1.82) is 0 Å². The number of halogens is 1. The van der Waals surface area contributed by atoms with Crippen molar-refractivity contribution in [3.63, 3.8) is 0 Å². The van der Waals surface area contributed by atoms with E-state index in [-0.39, 0.29) is 35.9 Å². The number of hydrogen-bond acceptors (Lipinski definition) is 2. The Morgan fingerprint density at radius 2 is 1.77 bits per heavy atom. The van der Waals surface area contributed by atoms with E-state index in [9.17, 15) is 4.79 Å². The molecule has 0 saturated carbocycles. The Morgan fingerprint density at radius 3 is 2.50 bits per heavy atom. The first-order valence-electron chi connectivity index (χ1n) is 9.87. The summed E-state index contributed by atoms with van der Waals surface area (Å²) in [4.78, 5) is 16.1. The van der Waals surface area contributed by atoms with Crippen LogP contribution in [0.15, 0.2) is 71.7 Å². The molecule has 0 aliphatic rings. The third-order valence-electron chi connectivity index (χ3n) is 4.97. The number of carbonyl (C=O) groups excluding carboxylic acids is 1. The molecule has 1 atom stereocenters. The third kappa shape index (κ3) is 6.19. The molecule has 3 N–H and O–H groups in total. The summed E-state index contributed by atoms with van der Waals surface area (Å²) in [5, 5.41) is 11.9. The minimum Gasteiger partial charge on any atom is -0.356 e. The van der Waals surface area contributed by atoms with Crippen LogP contribution in [-0.4, -0.2) is 32.5 Å².